The van der Waals surface area contributed by atoms with E-state index in [-0.39, 0.29) is 5.78 Å². The minimum absolute atomic E-state index is 0.0563. The molecule has 2 nitrogen and oxygen atoms in total. The van der Waals surface area contributed by atoms with Gasteiger partial charge < -0.3 is 4.57 Å². The topological polar surface area (TPSA) is 34.1 Å². The predicted octanol–water partition coefficient (Wildman–Crippen LogP) is 2.29. The number of rotatable bonds is 2. The van der Waals surface area contributed by atoms with Crippen molar-refractivity contribution in [2.45, 2.75) is 20.8 Å². The van der Waals surface area contributed by atoms with E-state index in [0.29, 0.717) is 18.5 Å². The van der Waals surface area contributed by atoms with Crippen molar-refractivity contribution in [3.63, 3.8) is 0 Å². The molecule has 0 atom stereocenters. The first-order valence-corrected chi connectivity index (χ1v) is 6.41. The van der Waals surface area contributed by atoms with Crippen molar-refractivity contribution in [3.05, 3.63) is 11.1 Å². The van der Waals surface area contributed by atoms with Crippen molar-refractivity contribution in [3.8, 4) is 0 Å². The molecule has 0 N–H and O–H groups in total. The fourth-order valence-corrected chi connectivity index (χ4v) is 5.12. The average Bonchev–Trinajstić information content (AvgIpc) is 2.04. The van der Waals surface area contributed by atoms with E-state index >= 15 is 0 Å². The maximum atomic E-state index is 12.0. The van der Waals surface area contributed by atoms with Gasteiger partial charge in [-0.3, -0.25) is 4.79 Å². The van der Waals surface area contributed by atoms with Crippen molar-refractivity contribution in [1.82, 2.24) is 0 Å². The SMILES string of the molecule is CC(=O)CP1(=O)CC(C)=C(C)C1. The Labute approximate surface area is 73.4 Å². The number of allylic oxidation sites excluding steroid dienone is 2. The summed E-state index contributed by atoms with van der Waals surface area (Å²) in [6, 6.07) is 0. The molecular weight excluding hydrogens is 171 g/mol. The quantitative estimate of drug-likeness (QED) is 0.489. The minimum Gasteiger partial charge on any atom is -0.322 e. The molecule has 0 radical (unpaired) electrons. The second-order valence-corrected chi connectivity index (χ2v) is 6.86. The zero-order valence-electron chi connectivity index (χ0n) is 7.89. The summed E-state index contributed by atoms with van der Waals surface area (Å²) in [6.45, 7) is 5.53. The molecule has 1 heterocycles. The van der Waals surface area contributed by atoms with Gasteiger partial charge in [-0.1, -0.05) is 11.1 Å². The van der Waals surface area contributed by atoms with E-state index in [1.165, 1.54) is 18.1 Å². The maximum absolute atomic E-state index is 12.0. The lowest BCUT2D eigenvalue weighted by atomic mass is 10.2. The highest BCUT2D eigenvalue weighted by Gasteiger charge is 2.30. The minimum atomic E-state index is -2.16. The van der Waals surface area contributed by atoms with Gasteiger partial charge in [-0.05, 0) is 20.8 Å². The maximum Gasteiger partial charge on any atom is 0.137 e. The number of carbonyl (C=O) groups is 1. The van der Waals surface area contributed by atoms with Crippen LogP contribution in [0.3, 0.4) is 0 Å². The Kier molecular flexibility index (Phi) is 2.58. The van der Waals surface area contributed by atoms with Crippen LogP contribution in [0.5, 0.6) is 0 Å². The fraction of sp³-hybridized carbons (Fsp3) is 0.667. The molecule has 0 amide bonds. The first kappa shape index (κ1) is 9.73. The van der Waals surface area contributed by atoms with E-state index in [0.717, 1.165) is 0 Å². The largest absolute Gasteiger partial charge is 0.322 e. The van der Waals surface area contributed by atoms with Crippen LogP contribution in [0, 0.1) is 0 Å². The van der Waals surface area contributed by atoms with E-state index in [2.05, 4.69) is 0 Å². The molecule has 1 aliphatic rings. The molecule has 12 heavy (non-hydrogen) atoms. The normalized spacial score (nSPS) is 21.6. The molecule has 0 aromatic rings. The van der Waals surface area contributed by atoms with Gasteiger partial charge in [-0.15, -0.1) is 0 Å². The van der Waals surface area contributed by atoms with Crippen molar-refractivity contribution < 1.29 is 9.36 Å². The molecule has 0 saturated heterocycles. The number of carbonyl (C=O) groups excluding carboxylic acids is 1. The number of Topliss-reactive ketones (excluding diaryl/α,β-unsaturated/α-hetero) is 1. The second-order valence-electron chi connectivity index (χ2n) is 3.80. The Hall–Kier alpha value is -0.360. The summed E-state index contributed by atoms with van der Waals surface area (Å²) in [5.41, 5.74) is 2.44. The fourth-order valence-electron chi connectivity index (χ4n) is 1.71. The molecule has 1 rings (SSSR count). The van der Waals surface area contributed by atoms with Crippen LogP contribution in [0.25, 0.3) is 0 Å². The highest BCUT2D eigenvalue weighted by molar-refractivity contribution is 7.65. The van der Waals surface area contributed by atoms with E-state index in [1.54, 1.807) is 0 Å². The number of hydrogen-bond donors (Lipinski definition) is 0. The van der Waals surface area contributed by atoms with E-state index in [1.807, 2.05) is 13.8 Å². The van der Waals surface area contributed by atoms with Gasteiger partial charge >= 0.3 is 0 Å². The van der Waals surface area contributed by atoms with Crippen molar-refractivity contribution in [2.24, 2.45) is 0 Å². The predicted molar refractivity (Wildman–Crippen MR) is 51.3 cm³/mol. The summed E-state index contributed by atoms with van der Waals surface area (Å²) in [5.74, 6) is 0.0563. The van der Waals surface area contributed by atoms with Gasteiger partial charge in [0.05, 0.1) is 6.16 Å². The van der Waals surface area contributed by atoms with Gasteiger partial charge in [0.1, 0.15) is 12.9 Å². The summed E-state index contributed by atoms with van der Waals surface area (Å²) in [4.78, 5) is 10.8. The molecular formula is C9H15O2P. The summed E-state index contributed by atoms with van der Waals surface area (Å²) in [6.07, 6.45) is 1.62. The molecule has 0 aromatic heterocycles. The molecule has 0 unspecified atom stereocenters. The van der Waals surface area contributed by atoms with E-state index < -0.39 is 7.14 Å². The molecule has 0 aromatic carbocycles. The molecule has 0 spiro atoms. The zero-order valence-corrected chi connectivity index (χ0v) is 8.78. The van der Waals surface area contributed by atoms with Gasteiger partial charge in [0.15, 0.2) is 0 Å². The second kappa shape index (κ2) is 3.18. The Balaban J connectivity index is 2.70. The average molecular weight is 186 g/mol. The van der Waals surface area contributed by atoms with Gasteiger partial charge in [0, 0.05) is 12.3 Å². The number of ketones is 1. The molecule has 0 aliphatic carbocycles. The lowest BCUT2D eigenvalue weighted by Crippen LogP contribution is -2.02. The lowest BCUT2D eigenvalue weighted by Gasteiger charge is -2.08. The van der Waals surface area contributed by atoms with Gasteiger partial charge in [-0.2, -0.15) is 0 Å². The van der Waals surface area contributed by atoms with Crippen molar-refractivity contribution >= 4 is 12.9 Å². The summed E-state index contributed by atoms with van der Waals surface area (Å²) in [5, 5.41) is 0. The van der Waals surface area contributed by atoms with Gasteiger partial charge in [0.2, 0.25) is 0 Å². The Morgan fingerprint density at radius 3 is 2.08 bits per heavy atom. The lowest BCUT2D eigenvalue weighted by molar-refractivity contribution is -0.114. The smallest absolute Gasteiger partial charge is 0.137 e. The molecule has 68 valence electrons. The third-order valence-corrected chi connectivity index (χ3v) is 5.41. The van der Waals surface area contributed by atoms with Gasteiger partial charge in [-0.25, -0.2) is 0 Å². The van der Waals surface area contributed by atoms with Crippen LogP contribution in [0.4, 0.5) is 0 Å². The highest BCUT2D eigenvalue weighted by atomic mass is 31.2. The zero-order chi connectivity index (χ0) is 9.35. The molecule has 0 bridgehead atoms. The summed E-state index contributed by atoms with van der Waals surface area (Å²) >= 11 is 0. The highest BCUT2D eigenvalue weighted by Crippen LogP contribution is 2.53. The Morgan fingerprint density at radius 2 is 1.75 bits per heavy atom. The first-order chi connectivity index (χ1) is 5.43. The van der Waals surface area contributed by atoms with Crippen LogP contribution in [0.1, 0.15) is 20.8 Å². The van der Waals surface area contributed by atoms with Crippen molar-refractivity contribution in [1.29, 1.82) is 0 Å². The molecule has 1 aliphatic heterocycles. The summed E-state index contributed by atoms with van der Waals surface area (Å²) in [7, 11) is -2.16. The van der Waals surface area contributed by atoms with Crippen LogP contribution >= 0.6 is 7.14 Å². The van der Waals surface area contributed by atoms with Crippen LogP contribution in [-0.2, 0) is 9.36 Å². The van der Waals surface area contributed by atoms with Crippen LogP contribution in [0.15, 0.2) is 11.1 Å². The molecule has 0 saturated carbocycles. The third kappa shape index (κ3) is 2.07. The standard InChI is InChI=1S/C9H15O2P/c1-7-4-12(11,5-8(7)2)6-9(3)10/h4-6H2,1-3H3. The molecule has 0 fully saturated rings. The van der Waals surface area contributed by atoms with Crippen molar-refractivity contribution in [2.75, 3.05) is 18.5 Å². The van der Waals surface area contributed by atoms with E-state index in [4.69, 9.17) is 0 Å². The van der Waals surface area contributed by atoms with Crippen LogP contribution in [0.2, 0.25) is 0 Å². The molecule has 3 heteroatoms. The summed E-state index contributed by atoms with van der Waals surface area (Å²) < 4.78 is 12.0. The van der Waals surface area contributed by atoms with Crippen LogP contribution in [-0.4, -0.2) is 24.3 Å². The van der Waals surface area contributed by atoms with E-state index in [9.17, 15) is 9.36 Å². The third-order valence-electron chi connectivity index (χ3n) is 2.29. The van der Waals surface area contributed by atoms with Gasteiger partial charge in [0.25, 0.3) is 0 Å². The Bertz CT molecular complexity index is 271. The van der Waals surface area contributed by atoms with Crippen LogP contribution < -0.4 is 0 Å². The number of hydrogen-bond acceptors (Lipinski definition) is 2. The first-order valence-electron chi connectivity index (χ1n) is 4.15. The monoisotopic (exact) mass is 186 g/mol. The Morgan fingerprint density at radius 1 is 1.33 bits per heavy atom.